The van der Waals surface area contributed by atoms with Crippen LogP contribution in [0.4, 0.5) is 0 Å². The van der Waals surface area contributed by atoms with Gasteiger partial charge in [-0.15, -0.1) is 0 Å². The predicted octanol–water partition coefficient (Wildman–Crippen LogP) is 4.31. The number of aryl methyl sites for hydroxylation is 1. The summed E-state index contributed by atoms with van der Waals surface area (Å²) >= 11 is 3.41. The molecule has 0 fully saturated rings. The second kappa shape index (κ2) is 8.39. The lowest BCUT2D eigenvalue weighted by Crippen LogP contribution is -2.09. The van der Waals surface area contributed by atoms with Gasteiger partial charge in [0.2, 0.25) is 0 Å². The van der Waals surface area contributed by atoms with Gasteiger partial charge in [-0.1, -0.05) is 18.2 Å². The first-order valence-electron chi connectivity index (χ1n) is 7.07. The number of carboxylic acid groups (broad SMARTS) is 1. The van der Waals surface area contributed by atoms with Gasteiger partial charge in [-0.05, 0) is 64.3 Å². The second-order valence-electron chi connectivity index (χ2n) is 4.87. The third-order valence-electron chi connectivity index (χ3n) is 2.97. The van der Waals surface area contributed by atoms with Gasteiger partial charge < -0.3 is 14.6 Å². The van der Waals surface area contributed by atoms with Crippen LogP contribution in [0.15, 0.2) is 53.0 Å². The summed E-state index contributed by atoms with van der Waals surface area (Å²) in [6, 6.07) is 13.2. The first-order valence-corrected chi connectivity index (χ1v) is 7.87. The van der Waals surface area contributed by atoms with Gasteiger partial charge in [-0.2, -0.15) is 0 Å². The quantitative estimate of drug-likeness (QED) is 0.577. The van der Waals surface area contributed by atoms with Crippen molar-refractivity contribution in [3.8, 4) is 11.5 Å². The zero-order chi connectivity index (χ0) is 16.7. The summed E-state index contributed by atoms with van der Waals surface area (Å²) in [5.74, 6) is 0.530. The zero-order valence-electron chi connectivity index (χ0n) is 12.7. The Balaban J connectivity index is 1.85. The summed E-state index contributed by atoms with van der Waals surface area (Å²) in [7, 11) is 0. The van der Waals surface area contributed by atoms with Crippen LogP contribution in [0, 0.1) is 6.92 Å². The molecule has 2 aromatic carbocycles. The van der Waals surface area contributed by atoms with Crippen molar-refractivity contribution in [2.45, 2.75) is 6.92 Å². The minimum atomic E-state index is -0.977. The van der Waals surface area contributed by atoms with Gasteiger partial charge in [-0.25, -0.2) is 4.79 Å². The lowest BCUT2D eigenvalue weighted by atomic mass is 10.2. The summed E-state index contributed by atoms with van der Waals surface area (Å²) in [4.78, 5) is 10.5. The third-order valence-corrected chi connectivity index (χ3v) is 3.59. The van der Waals surface area contributed by atoms with Gasteiger partial charge in [-0.3, -0.25) is 0 Å². The van der Waals surface area contributed by atoms with E-state index in [1.165, 1.54) is 6.08 Å². The van der Waals surface area contributed by atoms with Crippen LogP contribution in [-0.4, -0.2) is 24.3 Å². The molecule has 0 amide bonds. The molecule has 2 rings (SSSR count). The van der Waals surface area contributed by atoms with Gasteiger partial charge in [0.15, 0.2) is 0 Å². The molecule has 5 heteroatoms. The summed E-state index contributed by atoms with van der Waals surface area (Å²) in [6.45, 7) is 2.87. The van der Waals surface area contributed by atoms with Crippen molar-refractivity contribution in [1.29, 1.82) is 0 Å². The van der Waals surface area contributed by atoms with E-state index >= 15 is 0 Å². The third kappa shape index (κ3) is 5.79. The number of carboxylic acids is 1. The fourth-order valence-electron chi connectivity index (χ4n) is 1.92. The maximum Gasteiger partial charge on any atom is 0.328 e. The molecular weight excluding hydrogens is 360 g/mol. The van der Waals surface area contributed by atoms with Crippen LogP contribution < -0.4 is 9.47 Å². The van der Waals surface area contributed by atoms with E-state index in [9.17, 15) is 4.79 Å². The van der Waals surface area contributed by atoms with Crippen LogP contribution in [0.1, 0.15) is 11.1 Å². The molecule has 0 radical (unpaired) electrons. The highest BCUT2D eigenvalue weighted by atomic mass is 79.9. The summed E-state index contributed by atoms with van der Waals surface area (Å²) in [5, 5.41) is 8.62. The molecule has 0 saturated heterocycles. The number of hydrogen-bond acceptors (Lipinski definition) is 3. The van der Waals surface area contributed by atoms with Crippen molar-refractivity contribution in [2.75, 3.05) is 13.2 Å². The normalized spacial score (nSPS) is 10.7. The molecule has 0 aliphatic rings. The number of rotatable bonds is 7. The topological polar surface area (TPSA) is 55.8 Å². The summed E-state index contributed by atoms with van der Waals surface area (Å²) < 4.78 is 12.0. The van der Waals surface area contributed by atoms with Crippen LogP contribution >= 0.6 is 15.9 Å². The van der Waals surface area contributed by atoms with E-state index in [-0.39, 0.29) is 0 Å². The van der Waals surface area contributed by atoms with Gasteiger partial charge >= 0.3 is 5.97 Å². The fraction of sp³-hybridized carbons (Fsp3) is 0.167. The average molecular weight is 377 g/mol. The molecule has 0 spiro atoms. The van der Waals surface area contributed by atoms with Gasteiger partial charge in [0.1, 0.15) is 24.7 Å². The lowest BCUT2D eigenvalue weighted by Gasteiger charge is -2.10. The smallest absolute Gasteiger partial charge is 0.328 e. The van der Waals surface area contributed by atoms with Crippen LogP contribution in [0.3, 0.4) is 0 Å². The van der Waals surface area contributed by atoms with Crippen molar-refractivity contribution >= 4 is 28.0 Å². The van der Waals surface area contributed by atoms with Crippen LogP contribution in [0.25, 0.3) is 6.08 Å². The Labute approximate surface area is 143 Å². The van der Waals surface area contributed by atoms with Gasteiger partial charge in [0.25, 0.3) is 0 Å². The largest absolute Gasteiger partial charge is 0.490 e. The molecule has 0 aliphatic carbocycles. The number of benzene rings is 2. The Morgan fingerprint density at radius 3 is 2.65 bits per heavy atom. The Hall–Kier alpha value is -2.27. The number of halogens is 1. The molecule has 0 bridgehead atoms. The summed E-state index contributed by atoms with van der Waals surface area (Å²) in [5.41, 5.74) is 1.93. The van der Waals surface area contributed by atoms with Crippen molar-refractivity contribution in [1.82, 2.24) is 0 Å². The minimum absolute atomic E-state index is 0.414. The molecule has 0 heterocycles. The fourth-order valence-corrected chi connectivity index (χ4v) is 2.43. The second-order valence-corrected chi connectivity index (χ2v) is 5.73. The Bertz CT molecular complexity index is 710. The van der Waals surface area contributed by atoms with Crippen molar-refractivity contribution in [3.05, 3.63) is 64.1 Å². The molecule has 1 N–H and O–H groups in total. The molecule has 0 aromatic heterocycles. The highest BCUT2D eigenvalue weighted by Crippen LogP contribution is 2.26. The average Bonchev–Trinajstić information content (AvgIpc) is 2.51. The van der Waals surface area contributed by atoms with E-state index in [0.717, 1.165) is 27.4 Å². The Morgan fingerprint density at radius 2 is 1.96 bits per heavy atom. The maximum atomic E-state index is 10.5. The predicted molar refractivity (Wildman–Crippen MR) is 93.0 cm³/mol. The van der Waals surface area contributed by atoms with Crippen LogP contribution in [-0.2, 0) is 4.79 Å². The summed E-state index contributed by atoms with van der Waals surface area (Å²) in [6.07, 6.45) is 2.62. The first kappa shape index (κ1) is 17.1. The molecule has 23 heavy (non-hydrogen) atoms. The minimum Gasteiger partial charge on any atom is -0.490 e. The number of ether oxygens (including phenoxy) is 2. The van der Waals surface area contributed by atoms with E-state index in [2.05, 4.69) is 15.9 Å². The Morgan fingerprint density at radius 1 is 1.17 bits per heavy atom. The van der Waals surface area contributed by atoms with Crippen molar-refractivity contribution in [2.24, 2.45) is 0 Å². The SMILES string of the molecule is Cc1cccc(OCCOc2ccc(C=CC(=O)O)cc2Br)c1. The molecule has 0 aliphatic heterocycles. The maximum absolute atomic E-state index is 10.5. The van der Waals surface area contributed by atoms with Crippen LogP contribution in [0.5, 0.6) is 11.5 Å². The van der Waals surface area contributed by atoms with E-state index < -0.39 is 5.97 Å². The highest BCUT2D eigenvalue weighted by Gasteiger charge is 2.02. The number of hydrogen-bond donors (Lipinski definition) is 1. The van der Waals surface area contributed by atoms with Gasteiger partial charge in [0, 0.05) is 6.08 Å². The van der Waals surface area contributed by atoms with E-state index in [1.54, 1.807) is 18.2 Å². The lowest BCUT2D eigenvalue weighted by molar-refractivity contribution is -0.131. The zero-order valence-corrected chi connectivity index (χ0v) is 14.2. The number of aliphatic carboxylic acids is 1. The van der Waals surface area contributed by atoms with Gasteiger partial charge in [0.05, 0.1) is 4.47 Å². The molecule has 120 valence electrons. The molecule has 0 saturated carbocycles. The molecule has 0 unspecified atom stereocenters. The molecule has 4 nitrogen and oxygen atoms in total. The molecular formula is C18H17BrO4. The van der Waals surface area contributed by atoms with Crippen molar-refractivity contribution < 1.29 is 19.4 Å². The van der Waals surface area contributed by atoms with E-state index in [4.69, 9.17) is 14.6 Å². The monoisotopic (exact) mass is 376 g/mol. The van der Waals surface area contributed by atoms with E-state index in [1.807, 2.05) is 31.2 Å². The highest BCUT2D eigenvalue weighted by molar-refractivity contribution is 9.10. The Kier molecular flexibility index (Phi) is 6.23. The van der Waals surface area contributed by atoms with E-state index in [0.29, 0.717) is 19.0 Å². The van der Waals surface area contributed by atoms with Crippen molar-refractivity contribution in [3.63, 3.8) is 0 Å². The standard InChI is InChI=1S/C18H17BrO4/c1-13-3-2-4-15(11-13)22-9-10-23-17-7-5-14(12-16(17)19)6-8-18(20)21/h2-8,11-12H,9-10H2,1H3,(H,20,21). The molecule has 0 atom stereocenters. The number of carbonyl (C=O) groups is 1. The first-order chi connectivity index (χ1) is 11.0. The van der Waals surface area contributed by atoms with Crippen LogP contribution in [0.2, 0.25) is 0 Å². The molecule has 2 aromatic rings.